The van der Waals surface area contributed by atoms with Crippen molar-refractivity contribution in [1.29, 1.82) is 0 Å². The van der Waals surface area contributed by atoms with Gasteiger partial charge in [-0.3, -0.25) is 10.2 Å². The Labute approximate surface area is 156 Å². The van der Waals surface area contributed by atoms with Crippen LogP contribution in [-0.2, 0) is 11.2 Å². The molecule has 27 heavy (non-hydrogen) atoms. The number of anilines is 1. The highest BCUT2D eigenvalue weighted by Crippen LogP contribution is 2.23. The molecule has 0 spiro atoms. The first-order chi connectivity index (χ1) is 13.1. The van der Waals surface area contributed by atoms with E-state index in [9.17, 15) is 9.59 Å². The average Bonchev–Trinajstić information content (AvgIpc) is 3.10. The van der Waals surface area contributed by atoms with E-state index in [1.165, 1.54) is 7.11 Å². The molecule has 0 bridgehead atoms. The average molecular weight is 367 g/mol. The standard InChI is InChI=1S/C19H21N5O3/c1-27-17-9-5-4-8-15(17)22-19(26)23-16(18(25)24-20)10-12-11-21-14-7-3-2-6-13(12)14/h2-9,11,16,21H,10,20H2,1H3,(H,24,25)(H2,22,23,26)/t16-/m0/s1. The molecule has 0 unspecified atom stereocenters. The first-order valence-electron chi connectivity index (χ1n) is 8.38. The molecule has 6 N–H and O–H groups in total. The molecule has 8 heteroatoms. The third-order valence-corrected chi connectivity index (χ3v) is 4.22. The van der Waals surface area contributed by atoms with E-state index in [1.54, 1.807) is 24.3 Å². The lowest BCUT2D eigenvalue weighted by atomic mass is 10.0. The van der Waals surface area contributed by atoms with Crippen molar-refractivity contribution >= 4 is 28.5 Å². The van der Waals surface area contributed by atoms with Gasteiger partial charge in [-0.1, -0.05) is 30.3 Å². The van der Waals surface area contributed by atoms with Gasteiger partial charge in [0.15, 0.2) is 0 Å². The number of nitrogens with one attached hydrogen (secondary N) is 4. The van der Waals surface area contributed by atoms with Crippen LogP contribution in [0.2, 0.25) is 0 Å². The summed E-state index contributed by atoms with van der Waals surface area (Å²) in [6.07, 6.45) is 2.10. The largest absolute Gasteiger partial charge is 0.495 e. The van der Waals surface area contributed by atoms with Crippen LogP contribution in [0, 0.1) is 0 Å². The number of para-hydroxylation sites is 3. The Morgan fingerprint density at radius 1 is 1.15 bits per heavy atom. The van der Waals surface area contributed by atoms with Crippen LogP contribution in [0.15, 0.2) is 54.7 Å². The van der Waals surface area contributed by atoms with Crippen LogP contribution in [-0.4, -0.2) is 30.1 Å². The monoisotopic (exact) mass is 367 g/mol. The van der Waals surface area contributed by atoms with Gasteiger partial charge in [0.05, 0.1) is 12.8 Å². The van der Waals surface area contributed by atoms with E-state index in [1.807, 2.05) is 30.5 Å². The zero-order chi connectivity index (χ0) is 19.2. The zero-order valence-electron chi connectivity index (χ0n) is 14.8. The Morgan fingerprint density at radius 2 is 1.89 bits per heavy atom. The molecule has 1 heterocycles. The third kappa shape index (κ3) is 4.18. The van der Waals surface area contributed by atoms with Gasteiger partial charge in [-0.15, -0.1) is 0 Å². The number of nitrogens with two attached hydrogens (primary N) is 1. The molecule has 3 amide bonds. The molecule has 0 saturated heterocycles. The number of methoxy groups -OCH3 is 1. The maximum atomic E-state index is 12.4. The second kappa shape index (κ2) is 8.24. The number of rotatable bonds is 6. The second-order valence-corrected chi connectivity index (χ2v) is 5.92. The molecule has 0 fully saturated rings. The molecule has 0 radical (unpaired) electrons. The number of hydrogen-bond acceptors (Lipinski definition) is 4. The predicted octanol–water partition coefficient (Wildman–Crippen LogP) is 1.90. The van der Waals surface area contributed by atoms with E-state index in [-0.39, 0.29) is 6.42 Å². The topological polar surface area (TPSA) is 121 Å². The van der Waals surface area contributed by atoms with E-state index in [2.05, 4.69) is 21.0 Å². The van der Waals surface area contributed by atoms with Crippen molar-refractivity contribution in [3.05, 3.63) is 60.3 Å². The number of aromatic amines is 1. The van der Waals surface area contributed by atoms with E-state index in [0.29, 0.717) is 11.4 Å². The molecule has 1 aromatic heterocycles. The zero-order valence-corrected chi connectivity index (χ0v) is 14.8. The number of carbonyl (C=O) groups is 2. The number of amides is 3. The number of urea groups is 1. The lowest BCUT2D eigenvalue weighted by Crippen LogP contribution is -2.51. The molecule has 3 aromatic rings. The maximum absolute atomic E-state index is 12.4. The van der Waals surface area contributed by atoms with Gasteiger partial charge < -0.3 is 20.4 Å². The Morgan fingerprint density at radius 3 is 2.67 bits per heavy atom. The van der Waals surface area contributed by atoms with Gasteiger partial charge >= 0.3 is 6.03 Å². The van der Waals surface area contributed by atoms with Crippen molar-refractivity contribution in [2.24, 2.45) is 5.84 Å². The van der Waals surface area contributed by atoms with E-state index in [0.717, 1.165) is 16.5 Å². The fourth-order valence-electron chi connectivity index (χ4n) is 2.89. The molecule has 0 saturated carbocycles. The van der Waals surface area contributed by atoms with Crippen molar-refractivity contribution in [1.82, 2.24) is 15.7 Å². The number of carbonyl (C=O) groups excluding carboxylic acids is 2. The first-order valence-corrected chi connectivity index (χ1v) is 8.38. The Hall–Kier alpha value is -3.52. The molecule has 0 aliphatic carbocycles. The molecule has 140 valence electrons. The Balaban J connectivity index is 1.75. The maximum Gasteiger partial charge on any atom is 0.320 e. The molecular formula is C19H21N5O3. The van der Waals surface area contributed by atoms with Gasteiger partial charge in [-0.25, -0.2) is 10.6 Å². The van der Waals surface area contributed by atoms with Crippen molar-refractivity contribution in [3.63, 3.8) is 0 Å². The van der Waals surface area contributed by atoms with Crippen molar-refractivity contribution < 1.29 is 14.3 Å². The van der Waals surface area contributed by atoms with E-state index >= 15 is 0 Å². The Kier molecular flexibility index (Phi) is 5.58. The van der Waals surface area contributed by atoms with Crippen molar-refractivity contribution in [2.75, 3.05) is 12.4 Å². The number of fused-ring (bicyclic) bond motifs is 1. The fourth-order valence-corrected chi connectivity index (χ4v) is 2.89. The number of hydrazine groups is 1. The van der Waals surface area contributed by atoms with Gasteiger partial charge in [-0.05, 0) is 23.8 Å². The SMILES string of the molecule is COc1ccccc1NC(=O)N[C@@H](Cc1c[nH]c2ccccc12)C(=O)NN. The van der Waals surface area contributed by atoms with Crippen LogP contribution in [0.3, 0.4) is 0 Å². The molecular weight excluding hydrogens is 346 g/mol. The summed E-state index contributed by atoms with van der Waals surface area (Å²) in [4.78, 5) is 27.7. The summed E-state index contributed by atoms with van der Waals surface area (Å²) in [7, 11) is 1.51. The summed E-state index contributed by atoms with van der Waals surface area (Å²) < 4.78 is 5.21. The fraction of sp³-hybridized carbons (Fsp3) is 0.158. The minimum Gasteiger partial charge on any atom is -0.495 e. The molecule has 2 aromatic carbocycles. The van der Waals surface area contributed by atoms with Gasteiger partial charge in [0.1, 0.15) is 11.8 Å². The van der Waals surface area contributed by atoms with Crippen LogP contribution in [0.1, 0.15) is 5.56 Å². The van der Waals surface area contributed by atoms with E-state index in [4.69, 9.17) is 10.6 Å². The number of benzene rings is 2. The third-order valence-electron chi connectivity index (χ3n) is 4.22. The van der Waals surface area contributed by atoms with Crippen LogP contribution in [0.25, 0.3) is 10.9 Å². The van der Waals surface area contributed by atoms with Gasteiger partial charge in [0.25, 0.3) is 5.91 Å². The van der Waals surface area contributed by atoms with Crippen LogP contribution in [0.5, 0.6) is 5.75 Å². The second-order valence-electron chi connectivity index (χ2n) is 5.92. The molecule has 0 aliphatic rings. The summed E-state index contributed by atoms with van der Waals surface area (Å²) in [5, 5.41) is 6.33. The van der Waals surface area contributed by atoms with E-state index < -0.39 is 18.0 Å². The minimum atomic E-state index is -0.844. The highest BCUT2D eigenvalue weighted by atomic mass is 16.5. The van der Waals surface area contributed by atoms with Crippen molar-refractivity contribution in [2.45, 2.75) is 12.5 Å². The number of aromatic nitrogens is 1. The summed E-state index contributed by atoms with van der Waals surface area (Å²) in [5.74, 6) is 5.32. The lowest BCUT2D eigenvalue weighted by molar-refractivity contribution is -0.122. The first kappa shape index (κ1) is 18.3. The lowest BCUT2D eigenvalue weighted by Gasteiger charge is -2.18. The molecule has 1 atom stereocenters. The predicted molar refractivity (Wildman–Crippen MR) is 103 cm³/mol. The summed E-state index contributed by atoms with van der Waals surface area (Å²) >= 11 is 0. The van der Waals surface area contributed by atoms with Crippen LogP contribution in [0.4, 0.5) is 10.5 Å². The highest BCUT2D eigenvalue weighted by Gasteiger charge is 2.22. The minimum absolute atomic E-state index is 0.284. The van der Waals surface area contributed by atoms with Crippen LogP contribution < -0.4 is 26.6 Å². The number of H-pyrrole nitrogens is 1. The number of ether oxygens (including phenoxy) is 1. The normalized spacial score (nSPS) is 11.6. The Bertz CT molecular complexity index is 953. The molecule has 3 rings (SSSR count). The number of hydrogen-bond donors (Lipinski definition) is 5. The summed E-state index contributed by atoms with van der Waals surface area (Å²) in [6, 6.07) is 13.4. The summed E-state index contributed by atoms with van der Waals surface area (Å²) in [5.41, 5.74) is 4.45. The highest BCUT2D eigenvalue weighted by molar-refractivity contribution is 5.95. The van der Waals surface area contributed by atoms with Gasteiger partial charge in [0, 0.05) is 23.5 Å². The molecule has 8 nitrogen and oxygen atoms in total. The van der Waals surface area contributed by atoms with Gasteiger partial charge in [-0.2, -0.15) is 0 Å². The van der Waals surface area contributed by atoms with Gasteiger partial charge in [0.2, 0.25) is 0 Å². The summed E-state index contributed by atoms with van der Waals surface area (Å²) in [6.45, 7) is 0. The van der Waals surface area contributed by atoms with Crippen LogP contribution >= 0.6 is 0 Å². The quantitative estimate of drug-likeness (QED) is 0.259. The van der Waals surface area contributed by atoms with Crippen molar-refractivity contribution in [3.8, 4) is 5.75 Å². The molecule has 0 aliphatic heterocycles. The smallest absolute Gasteiger partial charge is 0.320 e.